The maximum absolute atomic E-state index is 14.5. The van der Waals surface area contributed by atoms with Crippen molar-refractivity contribution in [1.82, 2.24) is 19.9 Å². The minimum atomic E-state index is -4.75. The second-order valence-electron chi connectivity index (χ2n) is 7.35. The summed E-state index contributed by atoms with van der Waals surface area (Å²) in [7, 11) is 0. The summed E-state index contributed by atoms with van der Waals surface area (Å²) in [6.07, 6.45) is -0.138. The van der Waals surface area contributed by atoms with Gasteiger partial charge in [-0.1, -0.05) is 30.3 Å². The Balaban J connectivity index is 1.62. The van der Waals surface area contributed by atoms with Gasteiger partial charge in [0.1, 0.15) is 0 Å². The number of carbonyl (C=O) groups excluding carboxylic acids is 1. The highest BCUT2D eigenvalue weighted by Gasteiger charge is 2.69. The van der Waals surface area contributed by atoms with Crippen LogP contribution in [0.15, 0.2) is 67.3 Å². The van der Waals surface area contributed by atoms with Gasteiger partial charge >= 0.3 is 12.3 Å². The number of fused-ring (bicyclic) bond motifs is 2. The van der Waals surface area contributed by atoms with Crippen LogP contribution in [0.1, 0.15) is 11.1 Å². The molecule has 158 valence electrons. The van der Waals surface area contributed by atoms with Crippen LogP contribution in [0.2, 0.25) is 0 Å². The summed E-state index contributed by atoms with van der Waals surface area (Å²) in [6.45, 7) is -0.139. The first-order valence-corrected chi connectivity index (χ1v) is 9.49. The lowest BCUT2D eigenvalue weighted by molar-refractivity contribution is -0.183. The second kappa shape index (κ2) is 6.93. The topological polar surface area (TPSA) is 71.5 Å². The van der Waals surface area contributed by atoms with E-state index in [4.69, 9.17) is 4.74 Å². The van der Waals surface area contributed by atoms with Crippen LogP contribution >= 0.6 is 0 Å². The molecule has 2 aliphatic rings. The number of hydrogen-bond donors (Lipinski definition) is 0. The molecule has 10 heteroatoms. The average molecular weight is 427 g/mol. The fraction of sp³-hybridized carbons (Fsp3) is 0.238. The Bertz CT molecular complexity index is 1110. The predicted octanol–water partition coefficient (Wildman–Crippen LogP) is 3.80. The Kier molecular flexibility index (Phi) is 4.31. The van der Waals surface area contributed by atoms with Crippen molar-refractivity contribution in [3.8, 4) is 0 Å². The fourth-order valence-corrected chi connectivity index (χ4v) is 4.29. The van der Waals surface area contributed by atoms with Gasteiger partial charge in [0.2, 0.25) is 5.95 Å². The van der Waals surface area contributed by atoms with Gasteiger partial charge in [-0.3, -0.25) is 14.8 Å². The van der Waals surface area contributed by atoms with Gasteiger partial charge in [-0.2, -0.15) is 13.2 Å². The number of nitrogens with zero attached hydrogens (tertiary/aromatic N) is 5. The quantitative estimate of drug-likeness (QED) is 0.633. The molecule has 3 aromatic rings. The molecule has 0 saturated carbocycles. The molecule has 2 aromatic heterocycles. The maximum atomic E-state index is 14.5. The van der Waals surface area contributed by atoms with Crippen LogP contribution in [0.3, 0.4) is 0 Å². The molecule has 5 rings (SSSR count). The Morgan fingerprint density at radius 2 is 1.81 bits per heavy atom. The number of pyridine rings is 1. The molecule has 31 heavy (non-hydrogen) atoms. The third-order valence-electron chi connectivity index (χ3n) is 5.46. The highest BCUT2D eigenvalue weighted by atomic mass is 19.4. The maximum Gasteiger partial charge on any atom is 0.413 e. The highest BCUT2D eigenvalue weighted by Crippen LogP contribution is 2.55. The van der Waals surface area contributed by atoms with Crippen molar-refractivity contribution in [2.75, 3.05) is 11.4 Å². The summed E-state index contributed by atoms with van der Waals surface area (Å²) in [6, 6.07) is 9.80. The number of ether oxygens (including phenoxy) is 1. The molecule has 2 unspecified atom stereocenters. The van der Waals surface area contributed by atoms with Gasteiger partial charge in [0.25, 0.3) is 0 Å². The summed E-state index contributed by atoms with van der Waals surface area (Å²) < 4.78 is 49.1. The number of amides is 1. The van der Waals surface area contributed by atoms with Crippen molar-refractivity contribution >= 4 is 17.7 Å². The first-order chi connectivity index (χ1) is 14.9. The molecule has 2 aliphatic heterocycles. The number of alkyl halides is 3. The lowest BCUT2D eigenvalue weighted by Gasteiger charge is -2.34. The molecule has 0 bridgehead atoms. The third-order valence-corrected chi connectivity index (χ3v) is 5.46. The van der Waals surface area contributed by atoms with Crippen molar-refractivity contribution < 1.29 is 22.7 Å². The van der Waals surface area contributed by atoms with Gasteiger partial charge < -0.3 is 4.74 Å². The molecular formula is C21H16F3N5O2. The minimum Gasteiger partial charge on any atom is -0.433 e. The second-order valence-corrected chi connectivity index (χ2v) is 7.35. The molecule has 1 aromatic carbocycles. The van der Waals surface area contributed by atoms with E-state index in [0.717, 1.165) is 10.5 Å². The molecule has 0 N–H and O–H groups in total. The monoisotopic (exact) mass is 427 g/mol. The van der Waals surface area contributed by atoms with Crippen LogP contribution < -0.4 is 4.90 Å². The van der Waals surface area contributed by atoms with Gasteiger partial charge in [-0.25, -0.2) is 14.8 Å². The van der Waals surface area contributed by atoms with E-state index in [9.17, 15) is 18.0 Å². The van der Waals surface area contributed by atoms with E-state index < -0.39 is 23.9 Å². The normalized spacial score (nSPS) is 22.7. The predicted molar refractivity (Wildman–Crippen MR) is 103 cm³/mol. The van der Waals surface area contributed by atoms with Crippen molar-refractivity contribution in [2.45, 2.75) is 24.4 Å². The summed E-state index contributed by atoms with van der Waals surface area (Å²) in [5.74, 6) is -0.145. The molecule has 0 radical (unpaired) electrons. The number of benzene rings is 1. The Morgan fingerprint density at radius 1 is 1.06 bits per heavy atom. The molecule has 7 nitrogen and oxygen atoms in total. The van der Waals surface area contributed by atoms with E-state index in [-0.39, 0.29) is 30.3 Å². The highest BCUT2D eigenvalue weighted by molar-refractivity contribution is 5.77. The van der Waals surface area contributed by atoms with Crippen LogP contribution in [-0.4, -0.2) is 44.7 Å². The van der Waals surface area contributed by atoms with Crippen molar-refractivity contribution in [3.63, 3.8) is 0 Å². The first-order valence-electron chi connectivity index (χ1n) is 9.49. The largest absolute Gasteiger partial charge is 0.433 e. The smallest absolute Gasteiger partial charge is 0.413 e. The number of carbonyl (C=O) groups is 1. The zero-order chi connectivity index (χ0) is 21.6. The van der Waals surface area contributed by atoms with Crippen molar-refractivity contribution in [1.29, 1.82) is 0 Å². The van der Waals surface area contributed by atoms with Crippen LogP contribution in [-0.2, 0) is 16.9 Å². The molecule has 2 atom stereocenters. The van der Waals surface area contributed by atoms with Gasteiger partial charge in [0.05, 0.1) is 18.4 Å². The number of rotatable bonds is 3. The standard InChI is InChI=1S/C21H16F3N5O2/c22-21(23,24)17-20(13-28(19(30)31-20)12-14-5-2-1-3-6-14)15-7-10-25-11-16(15)29(17)18-26-8-4-9-27-18/h1-11,17H,12-13H2. The van der Waals surface area contributed by atoms with Crippen LogP contribution in [0, 0.1) is 0 Å². The number of anilines is 2. The van der Waals surface area contributed by atoms with E-state index in [1.807, 2.05) is 6.07 Å². The van der Waals surface area contributed by atoms with E-state index in [0.29, 0.717) is 0 Å². The summed E-state index contributed by atoms with van der Waals surface area (Å²) in [4.78, 5) is 27.0. The van der Waals surface area contributed by atoms with Crippen LogP contribution in [0.5, 0.6) is 0 Å². The number of halogens is 3. The van der Waals surface area contributed by atoms with Gasteiger partial charge in [0.15, 0.2) is 11.6 Å². The van der Waals surface area contributed by atoms with Gasteiger partial charge in [0, 0.05) is 30.7 Å². The summed E-state index contributed by atoms with van der Waals surface area (Å²) in [5, 5.41) is 0. The van der Waals surface area contributed by atoms with E-state index in [1.54, 1.807) is 24.3 Å². The van der Waals surface area contributed by atoms with E-state index in [1.165, 1.54) is 41.8 Å². The molecule has 1 spiro atoms. The summed E-state index contributed by atoms with van der Waals surface area (Å²) >= 11 is 0. The number of hydrogen-bond acceptors (Lipinski definition) is 6. The van der Waals surface area contributed by atoms with Crippen LogP contribution in [0.25, 0.3) is 0 Å². The molecule has 1 fully saturated rings. The molecule has 4 heterocycles. The SMILES string of the molecule is O=C1OC2(CN1Cc1ccccc1)c1ccncc1N(c1ncccn1)C2C(F)(F)F. The average Bonchev–Trinajstić information content (AvgIpc) is 3.23. The van der Waals surface area contributed by atoms with E-state index >= 15 is 0 Å². The number of aromatic nitrogens is 3. The Morgan fingerprint density at radius 3 is 2.52 bits per heavy atom. The lowest BCUT2D eigenvalue weighted by atomic mass is 9.89. The van der Waals surface area contributed by atoms with E-state index in [2.05, 4.69) is 15.0 Å². The zero-order valence-corrected chi connectivity index (χ0v) is 16.0. The van der Waals surface area contributed by atoms with Crippen molar-refractivity contribution in [3.05, 3.63) is 78.4 Å². The molecule has 1 saturated heterocycles. The lowest BCUT2D eigenvalue weighted by Crippen LogP contribution is -2.54. The van der Waals surface area contributed by atoms with Gasteiger partial charge in [-0.05, 0) is 17.7 Å². The molecule has 1 amide bonds. The molecule has 0 aliphatic carbocycles. The minimum absolute atomic E-state index is 0.133. The molecular weight excluding hydrogens is 411 g/mol. The van der Waals surface area contributed by atoms with Crippen molar-refractivity contribution in [2.24, 2.45) is 0 Å². The van der Waals surface area contributed by atoms with Crippen LogP contribution in [0.4, 0.5) is 29.6 Å². The Labute approximate surface area is 175 Å². The Hall–Kier alpha value is -3.69. The zero-order valence-electron chi connectivity index (χ0n) is 16.0. The third kappa shape index (κ3) is 3.06. The van der Waals surface area contributed by atoms with Gasteiger partial charge in [-0.15, -0.1) is 0 Å². The first kappa shape index (κ1) is 19.3. The summed E-state index contributed by atoms with van der Waals surface area (Å²) in [5.41, 5.74) is -0.801. The fourth-order valence-electron chi connectivity index (χ4n) is 4.29.